The van der Waals surface area contributed by atoms with Gasteiger partial charge in [-0.15, -0.1) is 24.0 Å². The Morgan fingerprint density at radius 3 is 2.62 bits per heavy atom. The Labute approximate surface area is 191 Å². The number of rotatable bonds is 7. The Morgan fingerprint density at radius 1 is 1.21 bits per heavy atom. The maximum absolute atomic E-state index is 5.50. The van der Waals surface area contributed by atoms with Crippen LogP contribution in [0.2, 0.25) is 0 Å². The van der Waals surface area contributed by atoms with Crippen LogP contribution in [0.15, 0.2) is 29.3 Å². The zero-order chi connectivity index (χ0) is 19.9. The Morgan fingerprint density at radius 2 is 1.93 bits per heavy atom. The molecule has 162 valence electrons. The molecule has 3 rings (SSSR count). The van der Waals surface area contributed by atoms with Gasteiger partial charge in [0.2, 0.25) is 0 Å². The maximum atomic E-state index is 5.50. The van der Waals surface area contributed by atoms with E-state index in [0.29, 0.717) is 12.0 Å². The number of nitrogens with zero attached hydrogens (tertiary/aromatic N) is 2. The topological polar surface area (TPSA) is 64.7 Å². The lowest BCUT2D eigenvalue weighted by molar-refractivity contribution is 0.00752. The number of aromatic amines is 1. The first-order chi connectivity index (χ1) is 13.6. The summed E-state index contributed by atoms with van der Waals surface area (Å²) in [5, 5.41) is 8.32. The number of morpholine rings is 1. The van der Waals surface area contributed by atoms with Gasteiger partial charge in [-0.3, -0.25) is 9.89 Å². The minimum Gasteiger partial charge on any atom is -0.379 e. The number of aliphatic imine (C=N–C) groups is 1. The van der Waals surface area contributed by atoms with E-state index in [-0.39, 0.29) is 24.0 Å². The van der Waals surface area contributed by atoms with E-state index < -0.39 is 0 Å². The van der Waals surface area contributed by atoms with Crippen molar-refractivity contribution in [1.82, 2.24) is 20.5 Å². The predicted molar refractivity (Wildman–Crippen MR) is 133 cm³/mol. The maximum Gasteiger partial charge on any atom is 0.191 e. The molecule has 29 heavy (non-hydrogen) atoms. The molecule has 1 aliphatic rings. The molecule has 1 unspecified atom stereocenters. The van der Waals surface area contributed by atoms with Crippen molar-refractivity contribution in [1.29, 1.82) is 0 Å². The lowest BCUT2D eigenvalue weighted by Gasteiger charge is -2.37. The second-order valence-corrected chi connectivity index (χ2v) is 7.86. The summed E-state index contributed by atoms with van der Waals surface area (Å²) in [6.45, 7) is 12.2. The van der Waals surface area contributed by atoms with Gasteiger partial charge in [0.1, 0.15) is 0 Å². The number of hydrogen-bond donors (Lipinski definition) is 3. The van der Waals surface area contributed by atoms with E-state index in [1.54, 1.807) is 0 Å². The number of aromatic nitrogens is 1. The van der Waals surface area contributed by atoms with E-state index in [1.165, 1.54) is 22.2 Å². The van der Waals surface area contributed by atoms with Gasteiger partial charge in [-0.05, 0) is 30.9 Å². The Bertz CT molecular complexity index is 783. The fourth-order valence-corrected chi connectivity index (χ4v) is 4.08. The van der Waals surface area contributed by atoms with E-state index in [0.717, 1.165) is 51.8 Å². The molecule has 3 N–H and O–H groups in total. The zero-order valence-corrected chi connectivity index (χ0v) is 20.5. The van der Waals surface area contributed by atoms with E-state index in [1.807, 2.05) is 7.05 Å². The number of para-hydroxylation sites is 1. The minimum atomic E-state index is 0. The van der Waals surface area contributed by atoms with E-state index in [9.17, 15) is 0 Å². The van der Waals surface area contributed by atoms with Gasteiger partial charge in [-0.25, -0.2) is 0 Å². The summed E-state index contributed by atoms with van der Waals surface area (Å²) in [6.07, 6.45) is 0.966. The Kier molecular flexibility index (Phi) is 9.71. The Balaban J connectivity index is 0.00000300. The van der Waals surface area contributed by atoms with Crippen LogP contribution in [-0.2, 0) is 11.2 Å². The first-order valence-electron chi connectivity index (χ1n) is 10.4. The number of aryl methyl sites for hydroxylation is 1. The normalized spacial score (nSPS) is 16.7. The van der Waals surface area contributed by atoms with Gasteiger partial charge in [0.15, 0.2) is 5.96 Å². The molecule has 0 amide bonds. The van der Waals surface area contributed by atoms with Crippen molar-refractivity contribution in [2.45, 2.75) is 33.2 Å². The second kappa shape index (κ2) is 11.8. The Hall–Kier alpha value is -1.32. The summed E-state index contributed by atoms with van der Waals surface area (Å²) in [7, 11) is 1.84. The highest BCUT2D eigenvalue weighted by molar-refractivity contribution is 14.0. The molecule has 1 saturated heterocycles. The van der Waals surface area contributed by atoms with Crippen molar-refractivity contribution in [2.75, 3.05) is 46.4 Å². The molecule has 0 aliphatic carbocycles. The zero-order valence-electron chi connectivity index (χ0n) is 18.1. The predicted octanol–water partition coefficient (Wildman–Crippen LogP) is 3.16. The van der Waals surface area contributed by atoms with Crippen molar-refractivity contribution >= 4 is 40.8 Å². The van der Waals surface area contributed by atoms with E-state index in [4.69, 9.17) is 4.74 Å². The lowest BCUT2D eigenvalue weighted by Crippen LogP contribution is -2.52. The fraction of sp³-hybridized carbons (Fsp3) is 0.591. The third-order valence-electron chi connectivity index (χ3n) is 5.68. The largest absolute Gasteiger partial charge is 0.379 e. The lowest BCUT2D eigenvalue weighted by atomic mass is 10.0. The molecule has 1 atom stereocenters. The van der Waals surface area contributed by atoms with Gasteiger partial charge in [0.25, 0.3) is 0 Å². The average molecular weight is 513 g/mol. The SMILES string of the molecule is CN=C(NCCc1c(C)[nH]c2ccccc12)NCC(C(C)C)N1CCOCC1.I. The molecule has 0 bridgehead atoms. The van der Waals surface area contributed by atoms with Crippen LogP contribution >= 0.6 is 24.0 Å². The molecule has 1 aromatic carbocycles. The molecule has 0 spiro atoms. The minimum absolute atomic E-state index is 0. The second-order valence-electron chi connectivity index (χ2n) is 7.86. The van der Waals surface area contributed by atoms with Crippen LogP contribution in [0.4, 0.5) is 0 Å². The first kappa shape index (κ1) is 24.0. The number of H-pyrrole nitrogens is 1. The van der Waals surface area contributed by atoms with Crippen molar-refractivity contribution in [3.8, 4) is 0 Å². The smallest absolute Gasteiger partial charge is 0.191 e. The van der Waals surface area contributed by atoms with Crippen molar-refractivity contribution < 1.29 is 4.74 Å². The fourth-order valence-electron chi connectivity index (χ4n) is 4.08. The van der Waals surface area contributed by atoms with Crippen molar-refractivity contribution in [2.24, 2.45) is 10.9 Å². The molecule has 1 aromatic heterocycles. The number of halogens is 1. The number of guanidine groups is 1. The van der Waals surface area contributed by atoms with Crippen LogP contribution in [0.3, 0.4) is 0 Å². The molecule has 1 aliphatic heterocycles. The molecule has 0 saturated carbocycles. The molecule has 6 nitrogen and oxygen atoms in total. The standard InChI is InChI=1S/C22H35N5O.HI/c1-16(2)21(27-11-13-28-14-12-27)15-25-22(23-4)24-10-9-18-17(3)26-20-8-6-5-7-19(18)20;/h5-8,16,21,26H,9-15H2,1-4H3,(H2,23,24,25);1H. The molecule has 1 fully saturated rings. The number of hydrogen-bond acceptors (Lipinski definition) is 3. The molecular weight excluding hydrogens is 477 g/mol. The van der Waals surface area contributed by atoms with Gasteiger partial charge in [-0.2, -0.15) is 0 Å². The average Bonchev–Trinajstić information content (AvgIpc) is 3.02. The molecule has 2 heterocycles. The highest BCUT2D eigenvalue weighted by Crippen LogP contribution is 2.21. The van der Waals surface area contributed by atoms with Crippen LogP contribution < -0.4 is 10.6 Å². The van der Waals surface area contributed by atoms with Gasteiger partial charge in [0, 0.05) is 55.9 Å². The van der Waals surface area contributed by atoms with Gasteiger partial charge >= 0.3 is 0 Å². The van der Waals surface area contributed by atoms with Crippen molar-refractivity contribution in [3.05, 3.63) is 35.5 Å². The number of benzene rings is 1. The summed E-state index contributed by atoms with van der Waals surface area (Å²) in [5.74, 6) is 1.45. The van der Waals surface area contributed by atoms with Gasteiger partial charge in [0.05, 0.1) is 13.2 Å². The van der Waals surface area contributed by atoms with Crippen LogP contribution in [0, 0.1) is 12.8 Å². The van der Waals surface area contributed by atoms with Gasteiger partial charge in [-0.1, -0.05) is 32.0 Å². The molecular formula is C22H36IN5O. The number of ether oxygens (including phenoxy) is 1. The van der Waals surface area contributed by atoms with Crippen LogP contribution in [0.1, 0.15) is 25.1 Å². The highest BCUT2D eigenvalue weighted by Gasteiger charge is 2.23. The summed E-state index contributed by atoms with van der Waals surface area (Å²) >= 11 is 0. The third kappa shape index (κ3) is 6.33. The first-order valence-corrected chi connectivity index (χ1v) is 10.4. The molecule has 2 aromatic rings. The number of fused-ring (bicyclic) bond motifs is 1. The molecule has 7 heteroatoms. The third-order valence-corrected chi connectivity index (χ3v) is 5.68. The van der Waals surface area contributed by atoms with Crippen molar-refractivity contribution in [3.63, 3.8) is 0 Å². The summed E-state index contributed by atoms with van der Waals surface area (Å²) in [5.41, 5.74) is 3.84. The van der Waals surface area contributed by atoms with Crippen LogP contribution in [0.5, 0.6) is 0 Å². The summed E-state index contributed by atoms with van der Waals surface area (Å²) < 4.78 is 5.50. The molecule has 0 radical (unpaired) electrons. The van der Waals surface area contributed by atoms with Crippen LogP contribution in [0.25, 0.3) is 10.9 Å². The summed E-state index contributed by atoms with van der Waals surface area (Å²) in [6, 6.07) is 8.99. The van der Waals surface area contributed by atoms with E-state index >= 15 is 0 Å². The summed E-state index contributed by atoms with van der Waals surface area (Å²) in [4.78, 5) is 10.4. The van der Waals surface area contributed by atoms with Crippen LogP contribution in [-0.4, -0.2) is 68.3 Å². The van der Waals surface area contributed by atoms with E-state index in [2.05, 4.69) is 70.5 Å². The number of nitrogens with one attached hydrogen (secondary N) is 3. The van der Waals surface area contributed by atoms with Gasteiger partial charge < -0.3 is 20.4 Å². The quantitative estimate of drug-likeness (QED) is 0.303. The monoisotopic (exact) mass is 513 g/mol. The highest BCUT2D eigenvalue weighted by atomic mass is 127.